The van der Waals surface area contributed by atoms with E-state index in [1.165, 1.54) is 28.4 Å². The van der Waals surface area contributed by atoms with Gasteiger partial charge in [0.1, 0.15) is 16.7 Å². The van der Waals surface area contributed by atoms with Crippen LogP contribution in [0.1, 0.15) is 12.8 Å². The van der Waals surface area contributed by atoms with Crippen LogP contribution in [0.3, 0.4) is 0 Å². The van der Waals surface area contributed by atoms with Gasteiger partial charge in [0, 0.05) is 26.7 Å². The summed E-state index contributed by atoms with van der Waals surface area (Å²) in [5.41, 5.74) is 0. The zero-order valence-electron chi connectivity index (χ0n) is 13.0. The molecule has 0 spiro atoms. The van der Waals surface area contributed by atoms with E-state index in [2.05, 4.69) is 0 Å². The average Bonchev–Trinajstić information content (AvgIpc) is 2.98. The Hall–Kier alpha value is -1.02. The van der Waals surface area contributed by atoms with Gasteiger partial charge in [0.2, 0.25) is 15.9 Å². The van der Waals surface area contributed by atoms with E-state index in [4.69, 9.17) is 27.9 Å². The van der Waals surface area contributed by atoms with E-state index in [1.807, 2.05) is 0 Å². The third-order valence-electron chi connectivity index (χ3n) is 3.72. The van der Waals surface area contributed by atoms with Gasteiger partial charge < -0.3 is 9.64 Å². The molecule has 128 valence electrons. The first-order chi connectivity index (χ1) is 10.7. The molecule has 0 aromatic heterocycles. The summed E-state index contributed by atoms with van der Waals surface area (Å²) < 4.78 is 32.0. The van der Waals surface area contributed by atoms with E-state index >= 15 is 0 Å². The third-order valence-corrected chi connectivity index (χ3v) is 6.39. The SMILES string of the molecule is COc1cc(Cl)c(S(=O)(=O)N2CCC[C@H]2C(=O)N(C)C)cc1Cl. The number of likely N-dealkylation sites (N-methyl/N-ethyl adjacent to an activating group) is 1. The van der Waals surface area contributed by atoms with Crippen molar-refractivity contribution >= 4 is 39.1 Å². The lowest BCUT2D eigenvalue weighted by atomic mass is 10.2. The van der Waals surface area contributed by atoms with Crippen molar-refractivity contribution < 1.29 is 17.9 Å². The Morgan fingerprint density at radius 2 is 1.96 bits per heavy atom. The van der Waals surface area contributed by atoms with E-state index < -0.39 is 16.1 Å². The van der Waals surface area contributed by atoms with Crippen molar-refractivity contribution in [3.63, 3.8) is 0 Å². The van der Waals surface area contributed by atoms with Crippen molar-refractivity contribution in [2.45, 2.75) is 23.8 Å². The molecule has 2 rings (SSSR count). The predicted octanol–water partition coefficient (Wildman–Crippen LogP) is 2.24. The lowest BCUT2D eigenvalue weighted by Crippen LogP contribution is -2.45. The molecule has 23 heavy (non-hydrogen) atoms. The van der Waals surface area contributed by atoms with Gasteiger partial charge in [0.15, 0.2) is 0 Å². The summed E-state index contributed by atoms with van der Waals surface area (Å²) in [6.45, 7) is 0.270. The monoisotopic (exact) mass is 380 g/mol. The molecular weight excluding hydrogens is 363 g/mol. The number of hydrogen-bond acceptors (Lipinski definition) is 4. The van der Waals surface area contributed by atoms with E-state index in [9.17, 15) is 13.2 Å². The number of nitrogens with zero attached hydrogens (tertiary/aromatic N) is 2. The molecule has 6 nitrogen and oxygen atoms in total. The van der Waals surface area contributed by atoms with Crippen LogP contribution in [-0.4, -0.2) is 57.3 Å². The smallest absolute Gasteiger partial charge is 0.245 e. The van der Waals surface area contributed by atoms with E-state index in [-0.39, 0.29) is 33.1 Å². The highest BCUT2D eigenvalue weighted by Gasteiger charge is 2.41. The number of carbonyl (C=O) groups excluding carboxylic acids is 1. The maximum absolute atomic E-state index is 12.9. The summed E-state index contributed by atoms with van der Waals surface area (Å²) in [4.78, 5) is 13.5. The van der Waals surface area contributed by atoms with E-state index in [1.54, 1.807) is 14.1 Å². The Kier molecular flexibility index (Phi) is 5.45. The largest absolute Gasteiger partial charge is 0.495 e. The molecule has 9 heteroatoms. The molecule has 1 aliphatic heterocycles. The zero-order chi connectivity index (χ0) is 17.4. The molecule has 0 radical (unpaired) electrons. The summed E-state index contributed by atoms with van der Waals surface area (Å²) in [6, 6.07) is 1.90. The van der Waals surface area contributed by atoms with Gasteiger partial charge in [-0.2, -0.15) is 4.31 Å². The molecule has 1 saturated heterocycles. The first-order valence-electron chi connectivity index (χ1n) is 6.96. The zero-order valence-corrected chi connectivity index (χ0v) is 15.4. The highest BCUT2D eigenvalue weighted by Crippen LogP contribution is 2.36. The second kappa shape index (κ2) is 6.84. The number of sulfonamides is 1. The Labute approximate surface area is 146 Å². The molecule has 1 heterocycles. The van der Waals surface area contributed by atoms with Gasteiger partial charge in [-0.25, -0.2) is 8.42 Å². The maximum atomic E-state index is 12.9. The van der Waals surface area contributed by atoms with E-state index in [0.29, 0.717) is 12.8 Å². The number of amides is 1. The fourth-order valence-corrected chi connectivity index (χ4v) is 5.04. The minimum atomic E-state index is -3.93. The minimum Gasteiger partial charge on any atom is -0.495 e. The third kappa shape index (κ3) is 3.42. The van der Waals surface area contributed by atoms with Gasteiger partial charge in [-0.05, 0) is 18.9 Å². The average molecular weight is 381 g/mol. The molecule has 1 amide bonds. The fourth-order valence-electron chi connectivity index (χ4n) is 2.56. The van der Waals surface area contributed by atoms with Gasteiger partial charge in [0.25, 0.3) is 0 Å². The van der Waals surface area contributed by atoms with Gasteiger partial charge in [0.05, 0.1) is 17.2 Å². The Morgan fingerprint density at radius 3 is 2.52 bits per heavy atom. The van der Waals surface area contributed by atoms with Crippen LogP contribution in [0.2, 0.25) is 10.0 Å². The summed E-state index contributed by atoms with van der Waals surface area (Å²) in [5, 5.41) is 0.152. The van der Waals surface area contributed by atoms with Crippen molar-refractivity contribution in [1.82, 2.24) is 9.21 Å². The van der Waals surface area contributed by atoms with E-state index in [0.717, 1.165) is 0 Å². The normalized spacial score (nSPS) is 18.9. The first-order valence-corrected chi connectivity index (χ1v) is 9.15. The molecule has 0 unspecified atom stereocenters. The molecule has 1 aromatic carbocycles. The molecule has 0 saturated carbocycles. The summed E-state index contributed by atoms with van der Waals surface area (Å²) in [6.07, 6.45) is 1.10. The molecule has 1 fully saturated rings. The molecule has 1 aromatic rings. The molecule has 0 bridgehead atoms. The molecule has 0 N–H and O–H groups in total. The number of hydrogen-bond donors (Lipinski definition) is 0. The standard InChI is InChI=1S/C14H18Cl2N2O4S/c1-17(2)14(19)11-5-4-6-18(11)23(20,21)13-8-9(15)12(22-3)7-10(13)16/h7-8,11H,4-6H2,1-3H3/t11-/m0/s1. The van der Waals surface area contributed by atoms with Crippen LogP contribution in [-0.2, 0) is 14.8 Å². The quantitative estimate of drug-likeness (QED) is 0.803. The Bertz CT molecular complexity index is 722. The number of carbonyl (C=O) groups is 1. The van der Waals surface area contributed by atoms with Crippen molar-refractivity contribution in [1.29, 1.82) is 0 Å². The number of benzene rings is 1. The lowest BCUT2D eigenvalue weighted by molar-refractivity contribution is -0.132. The van der Waals surface area contributed by atoms with Gasteiger partial charge >= 0.3 is 0 Å². The minimum absolute atomic E-state index is 0.00852. The number of methoxy groups -OCH3 is 1. The Morgan fingerprint density at radius 1 is 1.30 bits per heavy atom. The van der Waals surface area contributed by atoms with Crippen molar-refractivity contribution in [3.05, 3.63) is 22.2 Å². The number of rotatable bonds is 4. The van der Waals surface area contributed by atoms with Crippen LogP contribution in [0.5, 0.6) is 5.75 Å². The van der Waals surface area contributed by atoms with Crippen molar-refractivity contribution in [2.75, 3.05) is 27.7 Å². The van der Waals surface area contributed by atoms with Crippen LogP contribution in [0.15, 0.2) is 17.0 Å². The molecular formula is C14H18Cl2N2O4S. The molecule has 1 atom stereocenters. The summed E-state index contributed by atoms with van der Waals surface area (Å²) in [5.74, 6) is 0.0414. The highest BCUT2D eigenvalue weighted by molar-refractivity contribution is 7.89. The maximum Gasteiger partial charge on any atom is 0.245 e. The number of ether oxygens (including phenoxy) is 1. The van der Waals surface area contributed by atoms with Crippen LogP contribution < -0.4 is 4.74 Å². The Balaban J connectivity index is 2.46. The second-order valence-corrected chi connectivity index (χ2v) is 8.10. The topological polar surface area (TPSA) is 66.9 Å². The van der Waals surface area contributed by atoms with Crippen LogP contribution >= 0.6 is 23.2 Å². The second-order valence-electron chi connectivity index (χ2n) is 5.42. The van der Waals surface area contributed by atoms with Crippen LogP contribution in [0.4, 0.5) is 0 Å². The van der Waals surface area contributed by atoms with Crippen LogP contribution in [0.25, 0.3) is 0 Å². The highest BCUT2D eigenvalue weighted by atomic mass is 35.5. The predicted molar refractivity (Wildman–Crippen MR) is 88.6 cm³/mol. The first kappa shape index (κ1) is 18.3. The summed E-state index contributed by atoms with van der Waals surface area (Å²) >= 11 is 12.1. The molecule has 1 aliphatic rings. The fraction of sp³-hybridized carbons (Fsp3) is 0.500. The number of halogens is 2. The van der Waals surface area contributed by atoms with Gasteiger partial charge in [-0.1, -0.05) is 23.2 Å². The van der Waals surface area contributed by atoms with Crippen molar-refractivity contribution in [2.24, 2.45) is 0 Å². The lowest BCUT2D eigenvalue weighted by Gasteiger charge is -2.26. The molecule has 0 aliphatic carbocycles. The van der Waals surface area contributed by atoms with Gasteiger partial charge in [-0.3, -0.25) is 4.79 Å². The van der Waals surface area contributed by atoms with Gasteiger partial charge in [-0.15, -0.1) is 0 Å². The van der Waals surface area contributed by atoms with Crippen LogP contribution in [0, 0.1) is 0 Å². The van der Waals surface area contributed by atoms with Crippen molar-refractivity contribution in [3.8, 4) is 5.75 Å². The summed E-state index contributed by atoms with van der Waals surface area (Å²) in [7, 11) is 0.684.